The van der Waals surface area contributed by atoms with Crippen LogP contribution in [0.25, 0.3) is 0 Å². The van der Waals surface area contributed by atoms with E-state index in [4.69, 9.17) is 5.26 Å². The standard InChI is InChI=1S/C13H18N2/c1-5-15(10(2)3)13-7-6-12(9-14)8-11(13)4/h6-8,10H,5H2,1-4H3. The Balaban J connectivity index is 3.10. The van der Waals surface area contributed by atoms with Gasteiger partial charge in [0.25, 0.3) is 0 Å². The number of aryl methyl sites for hydroxylation is 1. The van der Waals surface area contributed by atoms with Crippen molar-refractivity contribution in [2.45, 2.75) is 33.7 Å². The van der Waals surface area contributed by atoms with Crippen LogP contribution in [0.4, 0.5) is 5.69 Å². The van der Waals surface area contributed by atoms with Crippen LogP contribution in [0.3, 0.4) is 0 Å². The molecule has 2 heteroatoms. The van der Waals surface area contributed by atoms with Crippen LogP contribution in [0, 0.1) is 18.3 Å². The molecule has 80 valence electrons. The fourth-order valence-corrected chi connectivity index (χ4v) is 1.86. The van der Waals surface area contributed by atoms with Gasteiger partial charge in [-0.3, -0.25) is 0 Å². The molecule has 0 aliphatic heterocycles. The lowest BCUT2D eigenvalue weighted by Crippen LogP contribution is -2.30. The Kier molecular flexibility index (Phi) is 3.74. The molecule has 0 unspecified atom stereocenters. The van der Waals surface area contributed by atoms with E-state index in [1.54, 1.807) is 0 Å². The molecule has 0 heterocycles. The van der Waals surface area contributed by atoms with Gasteiger partial charge in [0.05, 0.1) is 11.6 Å². The highest BCUT2D eigenvalue weighted by molar-refractivity contribution is 5.56. The summed E-state index contributed by atoms with van der Waals surface area (Å²) in [5.74, 6) is 0. The number of rotatable bonds is 3. The lowest BCUT2D eigenvalue weighted by molar-refractivity contribution is 0.701. The maximum atomic E-state index is 8.79. The van der Waals surface area contributed by atoms with E-state index in [1.807, 2.05) is 18.2 Å². The van der Waals surface area contributed by atoms with Crippen molar-refractivity contribution < 1.29 is 0 Å². The molecular formula is C13H18N2. The zero-order valence-electron chi connectivity index (χ0n) is 9.91. The Morgan fingerprint density at radius 3 is 2.47 bits per heavy atom. The number of nitrogens with zero attached hydrogens (tertiary/aromatic N) is 2. The van der Waals surface area contributed by atoms with E-state index in [1.165, 1.54) is 11.3 Å². The van der Waals surface area contributed by atoms with Gasteiger partial charge >= 0.3 is 0 Å². The van der Waals surface area contributed by atoms with Crippen LogP contribution >= 0.6 is 0 Å². The monoisotopic (exact) mass is 202 g/mol. The van der Waals surface area contributed by atoms with Gasteiger partial charge in [-0.1, -0.05) is 0 Å². The second-order valence-corrected chi connectivity index (χ2v) is 3.99. The molecule has 0 N–H and O–H groups in total. The summed E-state index contributed by atoms with van der Waals surface area (Å²) >= 11 is 0. The van der Waals surface area contributed by atoms with Crippen LogP contribution in [0.5, 0.6) is 0 Å². The molecule has 1 rings (SSSR count). The summed E-state index contributed by atoms with van der Waals surface area (Å²) in [6, 6.07) is 8.52. The topological polar surface area (TPSA) is 27.0 Å². The van der Waals surface area contributed by atoms with Crippen LogP contribution in [-0.2, 0) is 0 Å². The van der Waals surface area contributed by atoms with E-state index in [2.05, 4.69) is 38.7 Å². The zero-order valence-corrected chi connectivity index (χ0v) is 9.91. The third kappa shape index (κ3) is 2.50. The molecule has 0 saturated heterocycles. The van der Waals surface area contributed by atoms with Crippen molar-refractivity contribution in [2.75, 3.05) is 11.4 Å². The average molecular weight is 202 g/mol. The van der Waals surface area contributed by atoms with Gasteiger partial charge in [-0.15, -0.1) is 0 Å². The normalized spacial score (nSPS) is 10.1. The summed E-state index contributed by atoms with van der Waals surface area (Å²) < 4.78 is 0. The Morgan fingerprint density at radius 1 is 1.40 bits per heavy atom. The van der Waals surface area contributed by atoms with Crippen LogP contribution in [0.2, 0.25) is 0 Å². The quantitative estimate of drug-likeness (QED) is 0.753. The molecule has 0 aromatic heterocycles. The average Bonchev–Trinajstić information content (AvgIpc) is 2.20. The summed E-state index contributed by atoms with van der Waals surface area (Å²) in [6.45, 7) is 9.56. The number of benzene rings is 1. The number of anilines is 1. The second kappa shape index (κ2) is 4.84. The molecule has 0 saturated carbocycles. The molecule has 0 fully saturated rings. The Bertz CT molecular complexity index is 375. The van der Waals surface area contributed by atoms with Gasteiger partial charge in [0.1, 0.15) is 0 Å². The van der Waals surface area contributed by atoms with Crippen molar-refractivity contribution in [3.8, 4) is 6.07 Å². The number of hydrogen-bond donors (Lipinski definition) is 0. The minimum absolute atomic E-state index is 0.488. The second-order valence-electron chi connectivity index (χ2n) is 3.99. The van der Waals surface area contributed by atoms with E-state index < -0.39 is 0 Å². The Morgan fingerprint density at radius 2 is 2.07 bits per heavy atom. The van der Waals surface area contributed by atoms with Crippen molar-refractivity contribution in [3.05, 3.63) is 29.3 Å². The molecule has 1 aromatic carbocycles. The van der Waals surface area contributed by atoms with E-state index in [9.17, 15) is 0 Å². The van der Waals surface area contributed by atoms with E-state index >= 15 is 0 Å². The third-order valence-electron chi connectivity index (χ3n) is 2.60. The summed E-state index contributed by atoms with van der Waals surface area (Å²) in [7, 11) is 0. The summed E-state index contributed by atoms with van der Waals surface area (Å²) in [4.78, 5) is 2.33. The van der Waals surface area contributed by atoms with Gasteiger partial charge in [-0.2, -0.15) is 5.26 Å². The zero-order chi connectivity index (χ0) is 11.4. The predicted octanol–water partition coefficient (Wildman–Crippen LogP) is 3.10. The van der Waals surface area contributed by atoms with Crippen molar-refractivity contribution in [1.82, 2.24) is 0 Å². The SMILES string of the molecule is CCN(c1ccc(C#N)cc1C)C(C)C. The first-order valence-corrected chi connectivity index (χ1v) is 5.37. The van der Waals surface area contributed by atoms with Crippen LogP contribution < -0.4 is 4.90 Å². The summed E-state index contributed by atoms with van der Waals surface area (Å²) in [5, 5.41) is 8.79. The van der Waals surface area contributed by atoms with Crippen molar-refractivity contribution in [2.24, 2.45) is 0 Å². The fourth-order valence-electron chi connectivity index (χ4n) is 1.86. The van der Waals surface area contributed by atoms with Crippen LogP contribution in [0.1, 0.15) is 31.9 Å². The van der Waals surface area contributed by atoms with Crippen molar-refractivity contribution in [3.63, 3.8) is 0 Å². The molecule has 0 spiro atoms. The molecule has 0 amide bonds. The molecule has 0 atom stereocenters. The first-order valence-electron chi connectivity index (χ1n) is 5.37. The minimum Gasteiger partial charge on any atom is -0.369 e. The number of nitriles is 1. The van der Waals surface area contributed by atoms with Gasteiger partial charge in [-0.25, -0.2) is 0 Å². The molecule has 15 heavy (non-hydrogen) atoms. The lowest BCUT2D eigenvalue weighted by atomic mass is 10.1. The summed E-state index contributed by atoms with van der Waals surface area (Å²) in [5.41, 5.74) is 3.13. The van der Waals surface area contributed by atoms with Crippen molar-refractivity contribution >= 4 is 5.69 Å². The van der Waals surface area contributed by atoms with Gasteiger partial charge < -0.3 is 4.90 Å². The van der Waals surface area contributed by atoms with E-state index in [-0.39, 0.29) is 0 Å². The molecular weight excluding hydrogens is 184 g/mol. The summed E-state index contributed by atoms with van der Waals surface area (Å²) in [6.07, 6.45) is 0. The first kappa shape index (κ1) is 11.6. The Labute approximate surface area is 92.1 Å². The Hall–Kier alpha value is -1.49. The first-order chi connectivity index (χ1) is 7.10. The highest BCUT2D eigenvalue weighted by Gasteiger charge is 2.10. The van der Waals surface area contributed by atoms with Crippen LogP contribution in [-0.4, -0.2) is 12.6 Å². The highest BCUT2D eigenvalue weighted by atomic mass is 15.1. The maximum Gasteiger partial charge on any atom is 0.0991 e. The van der Waals surface area contributed by atoms with Gasteiger partial charge in [0.2, 0.25) is 0 Å². The molecule has 0 aliphatic carbocycles. The fraction of sp³-hybridized carbons (Fsp3) is 0.462. The highest BCUT2D eigenvalue weighted by Crippen LogP contribution is 2.22. The molecule has 0 bridgehead atoms. The molecule has 0 radical (unpaired) electrons. The predicted molar refractivity (Wildman–Crippen MR) is 64.1 cm³/mol. The van der Waals surface area contributed by atoms with Crippen LogP contribution in [0.15, 0.2) is 18.2 Å². The minimum atomic E-state index is 0.488. The van der Waals surface area contributed by atoms with Gasteiger partial charge in [-0.05, 0) is 51.5 Å². The number of hydrogen-bond acceptors (Lipinski definition) is 2. The van der Waals surface area contributed by atoms with Gasteiger partial charge in [0, 0.05) is 18.3 Å². The largest absolute Gasteiger partial charge is 0.369 e. The molecule has 0 aliphatic rings. The molecule has 2 nitrogen and oxygen atoms in total. The maximum absolute atomic E-state index is 8.79. The molecule has 1 aromatic rings. The van der Waals surface area contributed by atoms with Crippen molar-refractivity contribution in [1.29, 1.82) is 5.26 Å². The van der Waals surface area contributed by atoms with E-state index in [0.717, 1.165) is 12.1 Å². The van der Waals surface area contributed by atoms with E-state index in [0.29, 0.717) is 6.04 Å². The smallest absolute Gasteiger partial charge is 0.0991 e. The lowest BCUT2D eigenvalue weighted by Gasteiger charge is -2.29. The van der Waals surface area contributed by atoms with Gasteiger partial charge in [0.15, 0.2) is 0 Å². The third-order valence-corrected chi connectivity index (χ3v) is 2.60.